The van der Waals surface area contributed by atoms with Crippen LogP contribution >= 0.6 is 7.15 Å². The smallest absolute Gasteiger partial charge is 0.139 e. The summed E-state index contributed by atoms with van der Waals surface area (Å²) >= 11 is 5.18. The zero-order valence-corrected chi connectivity index (χ0v) is 11.4. The molecule has 0 aliphatic rings. The molecule has 0 rings (SSSR count). The second-order valence-corrected chi connectivity index (χ2v) is 5.07. The number of hydrogen-bond acceptors (Lipinski definition) is 3. The van der Waals surface area contributed by atoms with Gasteiger partial charge in [-0.1, -0.05) is 27.7 Å². The van der Waals surface area contributed by atoms with E-state index in [1.54, 1.807) is 0 Å². The van der Waals surface area contributed by atoms with Crippen LogP contribution < -0.4 is 0 Å². The van der Waals surface area contributed by atoms with Gasteiger partial charge < -0.3 is 0 Å². The Balaban J connectivity index is 3.83. The zero-order valence-electron chi connectivity index (χ0n) is 9.66. The first-order valence-electron chi connectivity index (χ1n) is 5.48. The van der Waals surface area contributed by atoms with Gasteiger partial charge in [-0.3, -0.25) is 0 Å². The van der Waals surface area contributed by atoms with Gasteiger partial charge in [0.05, 0.1) is 0 Å². The Morgan fingerprint density at radius 1 is 0.857 bits per heavy atom. The molecule has 0 N–H and O–H groups in total. The van der Waals surface area contributed by atoms with Gasteiger partial charge in [-0.15, -0.1) is 9.05 Å². The molecule has 0 aromatic rings. The third-order valence-electron chi connectivity index (χ3n) is 2.29. The lowest BCUT2D eigenvalue weighted by atomic mass is 10.2. The van der Waals surface area contributed by atoms with E-state index in [-0.39, 0.29) is 12.2 Å². The first-order chi connectivity index (χ1) is 6.67. The van der Waals surface area contributed by atoms with Crippen molar-refractivity contribution in [3.63, 3.8) is 0 Å². The summed E-state index contributed by atoms with van der Waals surface area (Å²) in [5, 5.41) is 0. The van der Waals surface area contributed by atoms with E-state index in [4.69, 9.17) is 20.9 Å². The van der Waals surface area contributed by atoms with Gasteiger partial charge in [-0.2, -0.15) is 0 Å². The summed E-state index contributed by atoms with van der Waals surface area (Å²) in [5.41, 5.74) is 0. The molecule has 14 heavy (non-hydrogen) atoms. The lowest BCUT2D eigenvalue weighted by Crippen LogP contribution is -2.09. The maximum absolute atomic E-state index is 5.64. The Morgan fingerprint density at radius 3 is 1.36 bits per heavy atom. The van der Waals surface area contributed by atoms with E-state index in [1.165, 1.54) is 0 Å². The van der Waals surface area contributed by atoms with Gasteiger partial charge in [0.25, 0.3) is 0 Å². The minimum atomic E-state index is -1.10. The van der Waals surface area contributed by atoms with Crippen LogP contribution in [0.2, 0.25) is 0 Å². The molecule has 0 aromatic carbocycles. The third kappa shape index (κ3) is 6.02. The van der Waals surface area contributed by atoms with Crippen molar-refractivity contribution in [1.29, 1.82) is 0 Å². The van der Waals surface area contributed by atoms with Crippen molar-refractivity contribution < 1.29 is 9.05 Å². The van der Waals surface area contributed by atoms with E-state index in [1.807, 2.05) is 0 Å². The molecular formula is C10H22O2PS+. The van der Waals surface area contributed by atoms with Crippen molar-refractivity contribution >= 4 is 19.0 Å². The van der Waals surface area contributed by atoms with E-state index >= 15 is 0 Å². The van der Waals surface area contributed by atoms with Gasteiger partial charge in [0.2, 0.25) is 11.8 Å². The Hall–Kier alpha value is 0.440. The Labute approximate surface area is 94.0 Å². The number of hydrogen-bond donors (Lipinski definition) is 0. The third-order valence-corrected chi connectivity index (χ3v) is 3.75. The van der Waals surface area contributed by atoms with Crippen LogP contribution in [0.1, 0.15) is 53.4 Å². The van der Waals surface area contributed by atoms with Crippen LogP contribution in [0.5, 0.6) is 0 Å². The molecule has 0 saturated heterocycles. The quantitative estimate of drug-likeness (QED) is 0.590. The first-order valence-corrected chi connectivity index (χ1v) is 7.67. The van der Waals surface area contributed by atoms with Crippen LogP contribution in [0.4, 0.5) is 0 Å². The van der Waals surface area contributed by atoms with Gasteiger partial charge in [-0.05, 0) is 25.7 Å². The molecule has 0 aromatic heterocycles. The predicted octanol–water partition coefficient (Wildman–Crippen LogP) is 4.17. The highest BCUT2D eigenvalue weighted by molar-refractivity contribution is 8.00. The average molecular weight is 237 g/mol. The van der Waals surface area contributed by atoms with Crippen LogP contribution in [-0.2, 0) is 20.9 Å². The fourth-order valence-corrected chi connectivity index (χ4v) is 3.01. The number of rotatable bonds is 8. The SMILES string of the molecule is CCC(CC)O[P+](=S)OC(CC)CC. The van der Waals surface area contributed by atoms with E-state index < -0.39 is 7.15 Å². The maximum Gasteiger partial charge on any atom is 0.522 e. The van der Waals surface area contributed by atoms with Gasteiger partial charge in [-0.25, -0.2) is 0 Å². The normalized spacial score (nSPS) is 11.3. The summed E-state index contributed by atoms with van der Waals surface area (Å²) in [7, 11) is -1.10. The van der Waals surface area contributed by atoms with E-state index in [0.29, 0.717) is 0 Å². The van der Waals surface area contributed by atoms with Crippen LogP contribution in [0.3, 0.4) is 0 Å². The first kappa shape index (κ1) is 14.4. The van der Waals surface area contributed by atoms with E-state index in [2.05, 4.69) is 27.7 Å². The summed E-state index contributed by atoms with van der Waals surface area (Å²) in [6.07, 6.45) is 4.59. The molecule has 4 heteroatoms. The van der Waals surface area contributed by atoms with Gasteiger partial charge in [0.1, 0.15) is 12.2 Å². The standard InChI is InChI=1S/C10H22O2PS/c1-5-9(6-2)11-13(14)12-10(7-3)8-4/h9-10H,5-8H2,1-4H3/q+1. The summed E-state index contributed by atoms with van der Waals surface area (Å²) in [4.78, 5) is 0. The molecule has 0 heterocycles. The van der Waals surface area contributed by atoms with Gasteiger partial charge in [0.15, 0.2) is 0 Å². The van der Waals surface area contributed by atoms with Gasteiger partial charge in [0, 0.05) is 0 Å². The molecule has 84 valence electrons. The monoisotopic (exact) mass is 237 g/mol. The Kier molecular flexibility index (Phi) is 9.00. The fraction of sp³-hybridized carbons (Fsp3) is 1.00. The van der Waals surface area contributed by atoms with Crippen LogP contribution in [0.15, 0.2) is 0 Å². The molecule has 0 aliphatic heterocycles. The van der Waals surface area contributed by atoms with Crippen molar-refractivity contribution in [3.05, 3.63) is 0 Å². The summed E-state index contributed by atoms with van der Waals surface area (Å²) in [5.74, 6) is 0. The summed E-state index contributed by atoms with van der Waals surface area (Å²) < 4.78 is 11.3. The molecule has 0 unspecified atom stereocenters. The Bertz CT molecular complexity index is 140. The highest BCUT2D eigenvalue weighted by atomic mass is 32.4. The molecule has 0 fully saturated rings. The minimum Gasteiger partial charge on any atom is -0.139 e. The Morgan fingerprint density at radius 2 is 1.14 bits per heavy atom. The predicted molar refractivity (Wildman–Crippen MR) is 65.2 cm³/mol. The largest absolute Gasteiger partial charge is 0.522 e. The van der Waals surface area contributed by atoms with Crippen LogP contribution in [-0.4, -0.2) is 12.2 Å². The molecule has 0 radical (unpaired) electrons. The molecule has 0 atom stereocenters. The van der Waals surface area contributed by atoms with Crippen molar-refractivity contribution in [1.82, 2.24) is 0 Å². The average Bonchev–Trinajstić information content (AvgIpc) is 2.22. The topological polar surface area (TPSA) is 18.5 Å². The van der Waals surface area contributed by atoms with Crippen LogP contribution in [0.25, 0.3) is 0 Å². The van der Waals surface area contributed by atoms with Crippen LogP contribution in [0, 0.1) is 0 Å². The maximum atomic E-state index is 5.64. The van der Waals surface area contributed by atoms with Crippen molar-refractivity contribution in [3.8, 4) is 0 Å². The molecule has 0 saturated carbocycles. The van der Waals surface area contributed by atoms with Crippen molar-refractivity contribution in [2.75, 3.05) is 0 Å². The lowest BCUT2D eigenvalue weighted by Gasteiger charge is -2.08. The second kappa shape index (κ2) is 8.72. The van der Waals surface area contributed by atoms with Crippen molar-refractivity contribution in [2.24, 2.45) is 0 Å². The van der Waals surface area contributed by atoms with E-state index in [9.17, 15) is 0 Å². The fourth-order valence-electron chi connectivity index (χ4n) is 1.14. The molecule has 0 amide bonds. The molecule has 0 aliphatic carbocycles. The molecule has 0 spiro atoms. The lowest BCUT2D eigenvalue weighted by molar-refractivity contribution is 0.145. The molecule has 0 bridgehead atoms. The summed E-state index contributed by atoms with van der Waals surface area (Å²) in [6, 6.07) is 0. The summed E-state index contributed by atoms with van der Waals surface area (Å²) in [6.45, 7) is 8.46. The molecule has 2 nitrogen and oxygen atoms in total. The highest BCUT2D eigenvalue weighted by Gasteiger charge is 2.23. The van der Waals surface area contributed by atoms with Crippen molar-refractivity contribution in [2.45, 2.75) is 65.6 Å². The minimum absolute atomic E-state index is 0.271. The zero-order chi connectivity index (χ0) is 11.0. The van der Waals surface area contributed by atoms with Gasteiger partial charge >= 0.3 is 7.15 Å². The highest BCUT2D eigenvalue weighted by Crippen LogP contribution is 2.31. The van der Waals surface area contributed by atoms with E-state index in [0.717, 1.165) is 25.7 Å². The molecular weight excluding hydrogens is 215 g/mol. The second-order valence-electron chi connectivity index (χ2n) is 3.31.